The molecule has 0 saturated carbocycles. The summed E-state index contributed by atoms with van der Waals surface area (Å²) in [6.07, 6.45) is 10.4. The second-order valence-corrected chi connectivity index (χ2v) is 4.54. The maximum atomic E-state index is 8.74. The van der Waals surface area contributed by atoms with Gasteiger partial charge in [0.1, 0.15) is 0 Å². The molecule has 0 fully saturated rings. The lowest BCUT2D eigenvalue weighted by molar-refractivity contribution is 0.282. The van der Waals surface area contributed by atoms with E-state index in [1.807, 2.05) is 0 Å². The number of hydrogen-bond acceptors (Lipinski definition) is 4. The van der Waals surface area contributed by atoms with Crippen LogP contribution in [0.5, 0.6) is 0 Å². The molecule has 0 aliphatic rings. The van der Waals surface area contributed by atoms with Crippen molar-refractivity contribution in [3.8, 4) is 0 Å². The first-order valence-corrected chi connectivity index (χ1v) is 7.12. The van der Waals surface area contributed by atoms with Crippen molar-refractivity contribution in [2.45, 2.75) is 58.3 Å². The van der Waals surface area contributed by atoms with Crippen molar-refractivity contribution in [2.24, 2.45) is 0 Å². The minimum Gasteiger partial charge on any atom is -0.396 e. The van der Waals surface area contributed by atoms with Crippen LogP contribution in [-0.4, -0.2) is 29.2 Å². The molecule has 6 nitrogen and oxygen atoms in total. The standard InChI is InChI=1S/C10H22O.H3N.H2O4S/c1-2-3-4-5-6-7-8-9-10-11;;1-5(2,3)4/h11H,2-10H2,1H3;1H3;(H2,1,2,3,4). The number of unbranched alkanes of at least 4 members (excludes halogenated alkanes) is 7. The van der Waals surface area contributed by atoms with E-state index in [9.17, 15) is 0 Å². The van der Waals surface area contributed by atoms with Crippen molar-refractivity contribution in [1.82, 2.24) is 6.15 Å². The molecule has 0 bridgehead atoms. The Balaban J connectivity index is -0.000000280. The molecule has 7 heteroatoms. The minimum absolute atomic E-state index is 0. The van der Waals surface area contributed by atoms with Crippen LogP contribution in [0.3, 0.4) is 0 Å². The van der Waals surface area contributed by atoms with Gasteiger partial charge < -0.3 is 11.3 Å². The van der Waals surface area contributed by atoms with E-state index >= 15 is 0 Å². The van der Waals surface area contributed by atoms with Gasteiger partial charge in [-0.15, -0.1) is 0 Å². The number of aliphatic hydroxyl groups excluding tert-OH is 1. The van der Waals surface area contributed by atoms with Crippen molar-refractivity contribution in [2.75, 3.05) is 6.61 Å². The quantitative estimate of drug-likeness (QED) is 0.397. The van der Waals surface area contributed by atoms with Crippen LogP contribution in [0.4, 0.5) is 0 Å². The van der Waals surface area contributed by atoms with Crippen LogP contribution < -0.4 is 6.15 Å². The first-order valence-electron chi connectivity index (χ1n) is 5.72. The summed E-state index contributed by atoms with van der Waals surface area (Å²) in [5, 5.41) is 8.51. The van der Waals surface area contributed by atoms with Crippen LogP contribution in [0.15, 0.2) is 0 Å². The predicted molar refractivity (Wildman–Crippen MR) is 68.9 cm³/mol. The van der Waals surface area contributed by atoms with Gasteiger partial charge in [0.05, 0.1) is 0 Å². The molecule has 0 aromatic carbocycles. The Labute approximate surface area is 105 Å². The molecule has 0 aliphatic heterocycles. The van der Waals surface area contributed by atoms with E-state index in [1.165, 1.54) is 44.9 Å². The molecule has 0 aromatic rings. The van der Waals surface area contributed by atoms with Crippen molar-refractivity contribution >= 4 is 10.4 Å². The molecule has 0 heterocycles. The zero-order chi connectivity index (χ0) is 12.9. The smallest absolute Gasteiger partial charge is 0.394 e. The molecule has 0 amide bonds. The predicted octanol–water partition coefficient (Wildman–Crippen LogP) is 2.63. The monoisotopic (exact) mass is 273 g/mol. The van der Waals surface area contributed by atoms with Crippen molar-refractivity contribution < 1.29 is 22.6 Å². The van der Waals surface area contributed by atoms with Gasteiger partial charge in [-0.1, -0.05) is 51.9 Å². The first-order chi connectivity index (χ1) is 7.41. The number of hydrogen-bond donors (Lipinski definition) is 4. The highest BCUT2D eigenvalue weighted by atomic mass is 32.3. The zero-order valence-corrected chi connectivity index (χ0v) is 11.5. The lowest BCUT2D eigenvalue weighted by Crippen LogP contribution is -1.89. The van der Waals surface area contributed by atoms with E-state index in [0.29, 0.717) is 6.61 Å². The van der Waals surface area contributed by atoms with E-state index in [1.54, 1.807) is 0 Å². The summed E-state index contributed by atoms with van der Waals surface area (Å²) in [5.74, 6) is 0. The molecule has 0 aliphatic carbocycles. The average Bonchev–Trinajstić information content (AvgIpc) is 2.14. The third-order valence-electron chi connectivity index (χ3n) is 2.01. The maximum absolute atomic E-state index is 8.74. The maximum Gasteiger partial charge on any atom is 0.394 e. The van der Waals surface area contributed by atoms with Crippen LogP contribution in [0.1, 0.15) is 58.3 Å². The van der Waals surface area contributed by atoms with Gasteiger partial charge in [0.2, 0.25) is 0 Å². The van der Waals surface area contributed by atoms with E-state index in [0.717, 1.165) is 6.42 Å². The van der Waals surface area contributed by atoms with Gasteiger partial charge >= 0.3 is 10.4 Å². The fraction of sp³-hybridized carbons (Fsp3) is 1.00. The Kier molecular flexibility index (Phi) is 20.4. The van der Waals surface area contributed by atoms with Crippen LogP contribution in [0.2, 0.25) is 0 Å². The summed E-state index contributed by atoms with van der Waals surface area (Å²) in [4.78, 5) is 0. The molecular weight excluding hydrogens is 246 g/mol. The van der Waals surface area contributed by atoms with E-state index < -0.39 is 10.4 Å². The minimum atomic E-state index is -4.67. The van der Waals surface area contributed by atoms with Crippen LogP contribution in [0.25, 0.3) is 0 Å². The van der Waals surface area contributed by atoms with Gasteiger partial charge in [0.15, 0.2) is 0 Å². The SMILES string of the molecule is CCCCCCCCCCO.N.O=S(=O)(O)O. The largest absolute Gasteiger partial charge is 0.396 e. The Hall–Kier alpha value is -0.210. The lowest BCUT2D eigenvalue weighted by Gasteiger charge is -1.98. The highest BCUT2D eigenvalue weighted by molar-refractivity contribution is 7.79. The Morgan fingerprint density at radius 2 is 1.12 bits per heavy atom. The fourth-order valence-corrected chi connectivity index (χ4v) is 1.25. The van der Waals surface area contributed by atoms with Gasteiger partial charge in [0, 0.05) is 6.61 Å². The summed E-state index contributed by atoms with van der Waals surface area (Å²) in [6.45, 7) is 2.61. The van der Waals surface area contributed by atoms with Crippen molar-refractivity contribution in [3.63, 3.8) is 0 Å². The molecule has 0 radical (unpaired) electrons. The molecule has 108 valence electrons. The van der Waals surface area contributed by atoms with Gasteiger partial charge in [-0.25, -0.2) is 0 Å². The number of aliphatic hydroxyl groups is 1. The summed E-state index contributed by atoms with van der Waals surface area (Å²) >= 11 is 0. The normalized spacial score (nSPS) is 10.1. The lowest BCUT2D eigenvalue weighted by atomic mass is 10.1. The second-order valence-electron chi connectivity index (χ2n) is 3.65. The highest BCUT2D eigenvalue weighted by Gasteiger charge is 1.89. The van der Waals surface area contributed by atoms with Crippen molar-refractivity contribution in [1.29, 1.82) is 0 Å². The molecule has 0 spiro atoms. The van der Waals surface area contributed by atoms with Gasteiger partial charge in [0.25, 0.3) is 0 Å². The number of rotatable bonds is 8. The van der Waals surface area contributed by atoms with Gasteiger partial charge in [-0.05, 0) is 6.42 Å². The summed E-state index contributed by atoms with van der Waals surface area (Å²) in [6, 6.07) is 0. The molecule has 17 heavy (non-hydrogen) atoms. The Morgan fingerprint density at radius 3 is 1.41 bits per heavy atom. The third-order valence-corrected chi connectivity index (χ3v) is 2.01. The topological polar surface area (TPSA) is 130 Å². The first kappa shape index (κ1) is 22.0. The van der Waals surface area contributed by atoms with Crippen LogP contribution in [-0.2, 0) is 10.4 Å². The zero-order valence-electron chi connectivity index (χ0n) is 10.6. The molecule has 0 rings (SSSR count). The van der Waals surface area contributed by atoms with Gasteiger partial charge in [-0.3, -0.25) is 9.11 Å². The average molecular weight is 273 g/mol. The van der Waals surface area contributed by atoms with E-state index in [-0.39, 0.29) is 6.15 Å². The summed E-state index contributed by atoms with van der Waals surface area (Å²) in [7, 11) is -4.67. The molecule has 0 unspecified atom stereocenters. The second kappa shape index (κ2) is 15.8. The van der Waals surface area contributed by atoms with Crippen LogP contribution >= 0.6 is 0 Å². The molecule has 0 aromatic heterocycles. The van der Waals surface area contributed by atoms with E-state index in [4.69, 9.17) is 22.6 Å². The molecule has 0 atom stereocenters. The highest BCUT2D eigenvalue weighted by Crippen LogP contribution is 2.07. The Bertz CT molecular complexity index is 203. The molecule has 0 saturated heterocycles. The molecule has 6 N–H and O–H groups in total. The van der Waals surface area contributed by atoms with E-state index in [2.05, 4.69) is 6.92 Å². The molecular formula is C10H27NO5S. The fourth-order valence-electron chi connectivity index (χ4n) is 1.25. The summed E-state index contributed by atoms with van der Waals surface area (Å²) < 4.78 is 31.6. The van der Waals surface area contributed by atoms with Crippen molar-refractivity contribution in [3.05, 3.63) is 0 Å². The van der Waals surface area contributed by atoms with Gasteiger partial charge in [-0.2, -0.15) is 8.42 Å². The summed E-state index contributed by atoms with van der Waals surface area (Å²) in [5.41, 5.74) is 0. The Morgan fingerprint density at radius 1 is 0.824 bits per heavy atom. The third kappa shape index (κ3) is 49.5. The van der Waals surface area contributed by atoms with Crippen LogP contribution in [0, 0.1) is 0 Å².